The van der Waals surface area contributed by atoms with Crippen LogP contribution in [0.5, 0.6) is 0 Å². The predicted octanol–water partition coefficient (Wildman–Crippen LogP) is 1.48. The second kappa shape index (κ2) is 6.29. The number of likely N-dealkylation sites (tertiary alicyclic amines) is 1. The van der Waals surface area contributed by atoms with Crippen molar-refractivity contribution in [1.29, 1.82) is 0 Å². The van der Waals surface area contributed by atoms with Gasteiger partial charge in [-0.05, 0) is 39.4 Å². The summed E-state index contributed by atoms with van der Waals surface area (Å²) < 4.78 is 0. The third-order valence-electron chi connectivity index (χ3n) is 4.49. The quantitative estimate of drug-likeness (QED) is 0.900. The van der Waals surface area contributed by atoms with Gasteiger partial charge in [-0.25, -0.2) is 0 Å². The third kappa shape index (κ3) is 3.38. The lowest BCUT2D eigenvalue weighted by molar-refractivity contribution is 0.00304. The van der Waals surface area contributed by atoms with E-state index in [0.29, 0.717) is 31.7 Å². The third-order valence-corrected chi connectivity index (χ3v) is 4.49. The van der Waals surface area contributed by atoms with Gasteiger partial charge in [-0.3, -0.25) is 9.89 Å². The van der Waals surface area contributed by atoms with Gasteiger partial charge < -0.3 is 14.9 Å². The van der Waals surface area contributed by atoms with Gasteiger partial charge in [-0.2, -0.15) is 5.10 Å². The van der Waals surface area contributed by atoms with E-state index in [1.54, 1.807) is 0 Å². The number of carbonyl (C=O) groups is 1. The molecular formula is C17H24N4O2. The summed E-state index contributed by atoms with van der Waals surface area (Å²) in [7, 11) is 3.92. The molecular weight excluding hydrogens is 292 g/mol. The molecule has 1 aliphatic rings. The van der Waals surface area contributed by atoms with Gasteiger partial charge in [0.2, 0.25) is 0 Å². The molecule has 0 unspecified atom stereocenters. The first-order valence-corrected chi connectivity index (χ1v) is 8.08. The minimum atomic E-state index is -0.716. The lowest BCUT2D eigenvalue weighted by atomic mass is 9.94. The highest BCUT2D eigenvalue weighted by Gasteiger charge is 2.32. The van der Waals surface area contributed by atoms with E-state index in [2.05, 4.69) is 10.2 Å². The van der Waals surface area contributed by atoms with Gasteiger partial charge in [-0.15, -0.1) is 0 Å². The number of amides is 1. The summed E-state index contributed by atoms with van der Waals surface area (Å²) in [4.78, 5) is 16.6. The van der Waals surface area contributed by atoms with Crippen LogP contribution in [0.25, 0.3) is 10.9 Å². The normalized spacial score (nSPS) is 22.5. The van der Waals surface area contributed by atoms with E-state index in [9.17, 15) is 9.90 Å². The van der Waals surface area contributed by atoms with Crippen LogP contribution < -0.4 is 0 Å². The molecule has 6 heteroatoms. The van der Waals surface area contributed by atoms with E-state index in [1.807, 2.05) is 48.2 Å². The number of carbonyl (C=O) groups excluding carboxylic acids is 1. The average Bonchev–Trinajstić information content (AvgIpc) is 2.84. The molecule has 2 heterocycles. The Balaban J connectivity index is 1.76. The average molecular weight is 316 g/mol. The highest BCUT2D eigenvalue weighted by molar-refractivity contribution is 6.04. The number of para-hydroxylation sites is 1. The number of nitrogens with one attached hydrogen (secondary N) is 1. The molecule has 1 aliphatic heterocycles. The summed E-state index contributed by atoms with van der Waals surface area (Å²) in [6, 6.07) is 7.65. The second-order valence-electron chi connectivity index (χ2n) is 6.73. The Morgan fingerprint density at radius 3 is 2.91 bits per heavy atom. The van der Waals surface area contributed by atoms with Gasteiger partial charge in [0.15, 0.2) is 5.69 Å². The van der Waals surface area contributed by atoms with E-state index >= 15 is 0 Å². The summed E-state index contributed by atoms with van der Waals surface area (Å²) in [5, 5.41) is 18.7. The predicted molar refractivity (Wildman–Crippen MR) is 89.4 cm³/mol. The van der Waals surface area contributed by atoms with Crippen molar-refractivity contribution in [2.24, 2.45) is 0 Å². The highest BCUT2D eigenvalue weighted by atomic mass is 16.3. The molecule has 124 valence electrons. The Hall–Kier alpha value is -1.92. The Kier molecular flexibility index (Phi) is 4.37. The van der Waals surface area contributed by atoms with Crippen LogP contribution in [0.1, 0.15) is 29.8 Å². The van der Waals surface area contributed by atoms with Gasteiger partial charge in [0.05, 0.1) is 11.1 Å². The number of hydrogen-bond donors (Lipinski definition) is 2. The van der Waals surface area contributed by atoms with Gasteiger partial charge in [0, 0.05) is 25.0 Å². The monoisotopic (exact) mass is 316 g/mol. The lowest BCUT2D eigenvalue weighted by Crippen LogP contribution is -2.41. The van der Waals surface area contributed by atoms with Crippen LogP contribution in [-0.4, -0.2) is 70.3 Å². The van der Waals surface area contributed by atoms with Crippen molar-refractivity contribution in [3.8, 4) is 0 Å². The molecule has 3 rings (SSSR count). The van der Waals surface area contributed by atoms with Crippen molar-refractivity contribution in [3.05, 3.63) is 30.0 Å². The van der Waals surface area contributed by atoms with E-state index in [1.165, 1.54) is 0 Å². The van der Waals surface area contributed by atoms with Gasteiger partial charge in [0.25, 0.3) is 5.91 Å². The first-order chi connectivity index (χ1) is 11.0. The molecule has 0 aliphatic carbocycles. The first kappa shape index (κ1) is 16.0. The molecule has 1 amide bonds. The van der Waals surface area contributed by atoms with Crippen molar-refractivity contribution in [2.45, 2.75) is 24.9 Å². The summed E-state index contributed by atoms with van der Waals surface area (Å²) in [5.74, 6) is -0.0587. The Bertz CT molecular complexity index is 697. The van der Waals surface area contributed by atoms with Crippen molar-refractivity contribution in [2.75, 3.05) is 33.7 Å². The van der Waals surface area contributed by atoms with E-state index in [0.717, 1.165) is 23.7 Å². The number of rotatable bonds is 3. The molecule has 2 aromatic rings. The number of H-pyrrole nitrogens is 1. The number of likely N-dealkylation sites (N-methyl/N-ethyl adjacent to an activating group) is 1. The molecule has 1 aromatic carbocycles. The summed E-state index contributed by atoms with van der Waals surface area (Å²) in [6.45, 7) is 1.85. The molecule has 1 aromatic heterocycles. The smallest absolute Gasteiger partial charge is 0.274 e. The topological polar surface area (TPSA) is 72.5 Å². The SMILES string of the molecule is CN(C)C[C@@]1(O)CCCN(C(=O)c2n[nH]c3ccccc23)CC1. The molecule has 6 nitrogen and oxygen atoms in total. The standard InChI is InChI=1S/C17H24N4O2/c1-20(2)12-17(23)8-5-10-21(11-9-17)16(22)15-13-6-3-4-7-14(13)18-19-15/h3-4,6-7,23H,5,8-12H2,1-2H3,(H,18,19)/t17-/m1/s1. The molecule has 2 N–H and O–H groups in total. The zero-order valence-electron chi connectivity index (χ0n) is 13.7. The number of aromatic amines is 1. The lowest BCUT2D eigenvalue weighted by Gasteiger charge is -2.29. The number of aliphatic hydroxyl groups is 1. The fourth-order valence-electron chi connectivity index (χ4n) is 3.40. The Labute approximate surface area is 136 Å². The van der Waals surface area contributed by atoms with Crippen LogP contribution in [0, 0.1) is 0 Å². The van der Waals surface area contributed by atoms with Gasteiger partial charge >= 0.3 is 0 Å². The minimum Gasteiger partial charge on any atom is -0.388 e. The van der Waals surface area contributed by atoms with Crippen molar-refractivity contribution in [3.63, 3.8) is 0 Å². The summed E-state index contributed by atoms with van der Waals surface area (Å²) >= 11 is 0. The number of hydrogen-bond acceptors (Lipinski definition) is 4. The Morgan fingerprint density at radius 1 is 1.35 bits per heavy atom. The van der Waals surface area contributed by atoms with E-state index in [4.69, 9.17) is 0 Å². The highest BCUT2D eigenvalue weighted by Crippen LogP contribution is 2.25. The number of aromatic nitrogens is 2. The van der Waals surface area contributed by atoms with Crippen LogP contribution in [0.3, 0.4) is 0 Å². The van der Waals surface area contributed by atoms with E-state index in [-0.39, 0.29) is 5.91 Å². The van der Waals surface area contributed by atoms with Crippen LogP contribution in [0.4, 0.5) is 0 Å². The van der Waals surface area contributed by atoms with Crippen molar-refractivity contribution < 1.29 is 9.90 Å². The van der Waals surface area contributed by atoms with Crippen molar-refractivity contribution in [1.82, 2.24) is 20.0 Å². The van der Waals surface area contributed by atoms with E-state index < -0.39 is 5.60 Å². The Morgan fingerprint density at radius 2 is 2.13 bits per heavy atom. The largest absolute Gasteiger partial charge is 0.388 e. The molecule has 0 radical (unpaired) electrons. The fourth-order valence-corrected chi connectivity index (χ4v) is 3.40. The first-order valence-electron chi connectivity index (χ1n) is 8.08. The zero-order valence-corrected chi connectivity index (χ0v) is 13.7. The van der Waals surface area contributed by atoms with Crippen LogP contribution >= 0.6 is 0 Å². The van der Waals surface area contributed by atoms with Gasteiger partial charge in [0.1, 0.15) is 0 Å². The molecule has 1 fully saturated rings. The summed E-state index contributed by atoms with van der Waals surface area (Å²) in [6.07, 6.45) is 2.12. The van der Waals surface area contributed by atoms with Crippen LogP contribution in [0.15, 0.2) is 24.3 Å². The molecule has 0 bridgehead atoms. The number of nitrogens with zero attached hydrogens (tertiary/aromatic N) is 3. The van der Waals surface area contributed by atoms with Crippen LogP contribution in [-0.2, 0) is 0 Å². The maximum atomic E-state index is 12.8. The molecule has 0 spiro atoms. The van der Waals surface area contributed by atoms with Gasteiger partial charge in [-0.1, -0.05) is 18.2 Å². The molecule has 1 saturated heterocycles. The minimum absolute atomic E-state index is 0.0587. The summed E-state index contributed by atoms with van der Waals surface area (Å²) in [5.41, 5.74) is 0.625. The fraction of sp³-hybridized carbons (Fsp3) is 0.529. The maximum Gasteiger partial charge on any atom is 0.274 e. The zero-order chi connectivity index (χ0) is 16.4. The van der Waals surface area contributed by atoms with Crippen LogP contribution in [0.2, 0.25) is 0 Å². The number of fused-ring (bicyclic) bond motifs is 1. The molecule has 0 saturated carbocycles. The molecule has 23 heavy (non-hydrogen) atoms. The number of benzene rings is 1. The van der Waals surface area contributed by atoms with Crippen molar-refractivity contribution >= 4 is 16.8 Å². The second-order valence-corrected chi connectivity index (χ2v) is 6.73. The maximum absolute atomic E-state index is 12.8. The molecule has 1 atom stereocenters.